The monoisotopic (exact) mass is 381 g/mol. The second-order valence-electron chi connectivity index (χ2n) is 8.19. The predicted molar refractivity (Wildman–Crippen MR) is 103 cm³/mol. The summed E-state index contributed by atoms with van der Waals surface area (Å²) in [5.74, 6) is -0.405. The summed E-state index contributed by atoms with van der Waals surface area (Å²) in [7, 11) is 0. The zero-order chi connectivity index (χ0) is 19.9. The van der Waals surface area contributed by atoms with Crippen LogP contribution in [0.15, 0.2) is 42.5 Å². The largest absolute Gasteiger partial charge is 0.505 e. The Balaban J connectivity index is 1.84. The molecular formula is C21H24FN5O. The van der Waals surface area contributed by atoms with Gasteiger partial charge in [-0.3, -0.25) is 4.90 Å². The van der Waals surface area contributed by atoms with Crippen LogP contribution >= 0.6 is 0 Å². The van der Waals surface area contributed by atoms with Crippen molar-refractivity contribution >= 4 is 0 Å². The van der Waals surface area contributed by atoms with E-state index in [1.165, 1.54) is 17.2 Å². The van der Waals surface area contributed by atoms with Gasteiger partial charge in [0.15, 0.2) is 17.4 Å². The third-order valence-corrected chi connectivity index (χ3v) is 5.21. The molecule has 0 saturated carbocycles. The van der Waals surface area contributed by atoms with Crippen LogP contribution in [0.5, 0.6) is 5.75 Å². The number of fused-ring (bicyclic) bond motifs is 1. The predicted octanol–water partition coefficient (Wildman–Crippen LogP) is 3.42. The standard InChI is InChI=1S/C21H24FN5O/c1-21(2,3)27-20(23-24-25-27)18(16-9-6-10-17(22)19(16)28)26-12-11-14-7-4-5-8-15(14)13-26/h4-10,18,28H,11-13H2,1-3H3. The molecule has 2 heterocycles. The Morgan fingerprint density at radius 3 is 2.57 bits per heavy atom. The molecule has 146 valence electrons. The SMILES string of the molecule is CC(C)(C)n1nnnc1C(c1cccc(F)c1O)N1CCc2ccccc2C1. The molecule has 0 spiro atoms. The molecule has 1 unspecified atom stereocenters. The second-order valence-corrected chi connectivity index (χ2v) is 8.19. The fourth-order valence-corrected chi connectivity index (χ4v) is 3.83. The normalized spacial score (nSPS) is 16.0. The van der Waals surface area contributed by atoms with Crippen molar-refractivity contribution in [3.63, 3.8) is 0 Å². The highest BCUT2D eigenvalue weighted by Crippen LogP contribution is 2.38. The average Bonchev–Trinajstić information content (AvgIpc) is 3.15. The summed E-state index contributed by atoms with van der Waals surface area (Å²) in [5.41, 5.74) is 2.66. The molecule has 1 aliphatic rings. The smallest absolute Gasteiger partial charge is 0.173 e. The maximum absolute atomic E-state index is 14.2. The van der Waals surface area contributed by atoms with Crippen molar-refractivity contribution in [1.82, 2.24) is 25.1 Å². The molecule has 0 amide bonds. The van der Waals surface area contributed by atoms with E-state index in [1.54, 1.807) is 16.8 Å². The summed E-state index contributed by atoms with van der Waals surface area (Å²) in [6, 6.07) is 12.5. The number of phenolic OH excluding ortho intramolecular Hbond substituents is 1. The molecule has 0 bridgehead atoms. The summed E-state index contributed by atoms with van der Waals surface area (Å²) in [5, 5.41) is 22.9. The van der Waals surface area contributed by atoms with E-state index in [0.29, 0.717) is 17.9 Å². The summed E-state index contributed by atoms with van der Waals surface area (Å²) in [6.45, 7) is 7.48. The van der Waals surface area contributed by atoms with Crippen LogP contribution in [0.2, 0.25) is 0 Å². The van der Waals surface area contributed by atoms with Gasteiger partial charge < -0.3 is 5.11 Å². The fraction of sp³-hybridized carbons (Fsp3) is 0.381. The van der Waals surface area contributed by atoms with Crippen LogP contribution in [0.25, 0.3) is 0 Å². The fourth-order valence-electron chi connectivity index (χ4n) is 3.83. The number of tetrazole rings is 1. The Bertz CT molecular complexity index is 994. The average molecular weight is 381 g/mol. The minimum absolute atomic E-state index is 0.352. The Morgan fingerprint density at radius 1 is 1.07 bits per heavy atom. The van der Waals surface area contributed by atoms with Gasteiger partial charge in [-0.2, -0.15) is 0 Å². The molecular weight excluding hydrogens is 357 g/mol. The van der Waals surface area contributed by atoms with Gasteiger partial charge >= 0.3 is 0 Å². The second kappa shape index (κ2) is 6.98. The third kappa shape index (κ3) is 3.26. The van der Waals surface area contributed by atoms with Crippen molar-refractivity contribution in [2.75, 3.05) is 6.54 Å². The Hall–Kier alpha value is -2.80. The highest BCUT2D eigenvalue weighted by atomic mass is 19.1. The van der Waals surface area contributed by atoms with E-state index in [-0.39, 0.29) is 11.3 Å². The Labute approximate surface area is 163 Å². The maximum Gasteiger partial charge on any atom is 0.173 e. The van der Waals surface area contributed by atoms with Gasteiger partial charge in [0, 0.05) is 18.7 Å². The van der Waals surface area contributed by atoms with Gasteiger partial charge in [0.1, 0.15) is 6.04 Å². The number of benzene rings is 2. The third-order valence-electron chi connectivity index (χ3n) is 5.21. The highest BCUT2D eigenvalue weighted by Gasteiger charge is 2.35. The van der Waals surface area contributed by atoms with Gasteiger partial charge in [-0.15, -0.1) is 5.10 Å². The quantitative estimate of drug-likeness (QED) is 0.753. The van der Waals surface area contributed by atoms with E-state index < -0.39 is 11.9 Å². The summed E-state index contributed by atoms with van der Waals surface area (Å²) in [4.78, 5) is 2.20. The van der Waals surface area contributed by atoms with Gasteiger partial charge in [0.05, 0.1) is 5.54 Å². The first-order valence-corrected chi connectivity index (χ1v) is 9.43. The molecule has 3 aromatic rings. The molecule has 28 heavy (non-hydrogen) atoms. The number of aromatic hydroxyl groups is 1. The number of nitrogens with zero attached hydrogens (tertiary/aromatic N) is 5. The molecule has 4 rings (SSSR count). The molecule has 7 heteroatoms. The van der Waals surface area contributed by atoms with E-state index in [1.807, 2.05) is 32.9 Å². The molecule has 0 radical (unpaired) electrons. The lowest BCUT2D eigenvalue weighted by Gasteiger charge is -2.36. The van der Waals surface area contributed by atoms with Crippen molar-refractivity contribution in [2.24, 2.45) is 0 Å². The maximum atomic E-state index is 14.2. The molecule has 0 aliphatic carbocycles. The lowest BCUT2D eigenvalue weighted by Crippen LogP contribution is -2.38. The molecule has 1 aromatic heterocycles. The molecule has 6 nitrogen and oxygen atoms in total. The highest BCUT2D eigenvalue weighted by molar-refractivity contribution is 5.40. The van der Waals surface area contributed by atoms with Crippen molar-refractivity contribution < 1.29 is 9.50 Å². The van der Waals surface area contributed by atoms with Crippen LogP contribution in [0.1, 0.15) is 49.3 Å². The Kier molecular flexibility index (Phi) is 4.63. The van der Waals surface area contributed by atoms with Gasteiger partial charge in [-0.1, -0.05) is 36.4 Å². The van der Waals surface area contributed by atoms with Crippen molar-refractivity contribution in [2.45, 2.75) is 45.3 Å². The molecule has 1 atom stereocenters. The summed E-state index contributed by atoms with van der Waals surface area (Å²) < 4.78 is 15.9. The van der Waals surface area contributed by atoms with E-state index >= 15 is 0 Å². The minimum Gasteiger partial charge on any atom is -0.505 e. The lowest BCUT2D eigenvalue weighted by molar-refractivity contribution is 0.182. The number of hydrogen-bond donors (Lipinski definition) is 1. The van der Waals surface area contributed by atoms with E-state index in [2.05, 4.69) is 32.6 Å². The zero-order valence-electron chi connectivity index (χ0n) is 16.3. The van der Waals surface area contributed by atoms with Crippen molar-refractivity contribution in [3.05, 3.63) is 70.8 Å². The van der Waals surface area contributed by atoms with Crippen LogP contribution in [0, 0.1) is 5.82 Å². The van der Waals surface area contributed by atoms with Gasteiger partial charge in [-0.05, 0) is 54.8 Å². The van der Waals surface area contributed by atoms with Crippen LogP contribution in [-0.2, 0) is 18.5 Å². The van der Waals surface area contributed by atoms with Gasteiger partial charge in [0.25, 0.3) is 0 Å². The first kappa shape index (κ1) is 18.6. The number of aromatic nitrogens is 4. The van der Waals surface area contributed by atoms with Crippen molar-refractivity contribution in [1.29, 1.82) is 0 Å². The van der Waals surface area contributed by atoms with E-state index in [4.69, 9.17) is 0 Å². The number of para-hydroxylation sites is 1. The topological polar surface area (TPSA) is 67.1 Å². The number of phenols is 1. The molecule has 1 N–H and O–H groups in total. The molecule has 1 aliphatic heterocycles. The first-order valence-electron chi connectivity index (χ1n) is 9.43. The van der Waals surface area contributed by atoms with E-state index in [0.717, 1.165) is 13.0 Å². The van der Waals surface area contributed by atoms with Gasteiger partial charge in [0.2, 0.25) is 0 Å². The summed E-state index contributed by atoms with van der Waals surface area (Å²) >= 11 is 0. The molecule has 2 aromatic carbocycles. The number of hydrogen-bond acceptors (Lipinski definition) is 5. The number of halogens is 1. The summed E-state index contributed by atoms with van der Waals surface area (Å²) in [6.07, 6.45) is 0.875. The zero-order valence-corrected chi connectivity index (χ0v) is 16.3. The Morgan fingerprint density at radius 2 is 1.82 bits per heavy atom. The lowest BCUT2D eigenvalue weighted by atomic mass is 9.95. The van der Waals surface area contributed by atoms with Crippen LogP contribution < -0.4 is 0 Å². The molecule has 0 saturated heterocycles. The van der Waals surface area contributed by atoms with Crippen LogP contribution in [0.3, 0.4) is 0 Å². The van der Waals surface area contributed by atoms with E-state index in [9.17, 15) is 9.50 Å². The number of rotatable bonds is 3. The van der Waals surface area contributed by atoms with Crippen LogP contribution in [-0.4, -0.2) is 36.8 Å². The first-order chi connectivity index (χ1) is 13.4. The van der Waals surface area contributed by atoms with Crippen LogP contribution in [0.4, 0.5) is 4.39 Å². The minimum atomic E-state index is -0.644. The van der Waals surface area contributed by atoms with Crippen molar-refractivity contribution in [3.8, 4) is 5.75 Å². The molecule has 0 fully saturated rings. The van der Waals surface area contributed by atoms with Gasteiger partial charge in [-0.25, -0.2) is 9.07 Å².